The minimum absolute atomic E-state index is 0.113. The van der Waals surface area contributed by atoms with Crippen molar-refractivity contribution < 1.29 is 28.2 Å². The van der Waals surface area contributed by atoms with E-state index in [1.807, 2.05) is 0 Å². The van der Waals surface area contributed by atoms with E-state index >= 15 is 0 Å². The predicted octanol–water partition coefficient (Wildman–Crippen LogP) is -0.950. The summed E-state index contributed by atoms with van der Waals surface area (Å²) < 4.78 is 34.2. The molecule has 0 aliphatic carbocycles. The summed E-state index contributed by atoms with van der Waals surface area (Å²) in [5.41, 5.74) is -3.76. The third-order valence-corrected chi connectivity index (χ3v) is 0.949. The van der Waals surface area contributed by atoms with E-state index in [9.17, 15) is 23.1 Å². The minimum Gasteiger partial charge on any atom is -0.547 e. The van der Waals surface area contributed by atoms with Crippen LogP contribution in [0.25, 0.3) is 0 Å². The summed E-state index contributed by atoms with van der Waals surface area (Å²) in [6.45, 7) is 0.113. The van der Waals surface area contributed by atoms with Gasteiger partial charge < -0.3 is 15.0 Å². The van der Waals surface area contributed by atoms with Crippen LogP contribution >= 0.6 is 0 Å². The van der Waals surface area contributed by atoms with E-state index in [0.29, 0.717) is 0 Å². The predicted molar refractivity (Wildman–Crippen MR) is 21.7 cm³/mol. The molecule has 3 nitrogen and oxygen atoms in total. The Labute approximate surface area is 54.1 Å². The summed E-state index contributed by atoms with van der Waals surface area (Å²) in [6, 6.07) is 0. The molecule has 10 heavy (non-hydrogen) atoms. The highest BCUT2D eigenvalue weighted by Crippen LogP contribution is 2.28. The maximum Gasteiger partial charge on any atom is 0.422 e. The molecule has 0 spiro atoms. The lowest BCUT2D eigenvalue weighted by Gasteiger charge is -2.26. The number of carboxylic acids is 1. The fourth-order valence-corrected chi connectivity index (χ4v) is 0.116. The van der Waals surface area contributed by atoms with E-state index < -0.39 is 17.7 Å². The number of hydrogen-bond acceptors (Lipinski definition) is 3. The third kappa shape index (κ3) is 1.38. The zero-order valence-electron chi connectivity index (χ0n) is 4.90. The zero-order chi connectivity index (χ0) is 8.58. The fourth-order valence-electron chi connectivity index (χ4n) is 0.116. The Hall–Kier alpha value is -0.780. The van der Waals surface area contributed by atoms with Gasteiger partial charge in [0.15, 0.2) is 5.60 Å². The van der Waals surface area contributed by atoms with E-state index in [-0.39, 0.29) is 6.92 Å². The van der Waals surface area contributed by atoms with Crippen LogP contribution in [0.5, 0.6) is 0 Å². The van der Waals surface area contributed by atoms with Gasteiger partial charge in [-0.15, -0.1) is 0 Å². The van der Waals surface area contributed by atoms with Crippen molar-refractivity contribution in [2.75, 3.05) is 0 Å². The Kier molecular flexibility index (Phi) is 1.95. The number of aliphatic hydroxyl groups is 1. The molecule has 1 N–H and O–H groups in total. The van der Waals surface area contributed by atoms with Gasteiger partial charge in [-0.25, -0.2) is 0 Å². The van der Waals surface area contributed by atoms with Gasteiger partial charge in [0.1, 0.15) is 0 Å². The second-order valence-corrected chi connectivity index (χ2v) is 1.86. The van der Waals surface area contributed by atoms with Gasteiger partial charge in [0, 0.05) is 0 Å². The molecular formula is C4H4F3O3-. The average molecular weight is 157 g/mol. The zero-order valence-corrected chi connectivity index (χ0v) is 4.90. The van der Waals surface area contributed by atoms with Crippen molar-refractivity contribution in [2.24, 2.45) is 0 Å². The maximum absolute atomic E-state index is 11.4. The monoisotopic (exact) mass is 157 g/mol. The molecule has 0 radical (unpaired) electrons. The number of carbonyl (C=O) groups excluding carboxylic acids is 1. The van der Waals surface area contributed by atoms with Crippen molar-refractivity contribution >= 4 is 5.97 Å². The summed E-state index contributed by atoms with van der Waals surface area (Å²) in [5, 5.41) is 17.7. The van der Waals surface area contributed by atoms with Crippen molar-refractivity contribution in [1.82, 2.24) is 0 Å². The average Bonchev–Trinajstić information content (AvgIpc) is 1.62. The number of carboxylic acid groups (broad SMARTS) is 1. The molecule has 1 atom stereocenters. The fraction of sp³-hybridized carbons (Fsp3) is 0.750. The van der Waals surface area contributed by atoms with Gasteiger partial charge in [-0.05, 0) is 6.92 Å². The summed E-state index contributed by atoms with van der Waals surface area (Å²) in [4.78, 5) is 9.59. The van der Waals surface area contributed by atoms with Gasteiger partial charge in [0.05, 0.1) is 5.97 Å². The van der Waals surface area contributed by atoms with Crippen molar-refractivity contribution in [3.8, 4) is 0 Å². The van der Waals surface area contributed by atoms with Crippen LogP contribution in [-0.4, -0.2) is 22.9 Å². The molecule has 6 heteroatoms. The third-order valence-electron chi connectivity index (χ3n) is 0.949. The normalized spacial score (nSPS) is 18.1. The van der Waals surface area contributed by atoms with Crippen LogP contribution in [0.15, 0.2) is 0 Å². The first-order valence-electron chi connectivity index (χ1n) is 2.20. The molecule has 0 aromatic carbocycles. The first-order valence-corrected chi connectivity index (χ1v) is 2.20. The smallest absolute Gasteiger partial charge is 0.422 e. The van der Waals surface area contributed by atoms with E-state index in [0.717, 1.165) is 0 Å². The van der Waals surface area contributed by atoms with Crippen LogP contribution < -0.4 is 5.11 Å². The van der Waals surface area contributed by atoms with E-state index in [1.54, 1.807) is 0 Å². The van der Waals surface area contributed by atoms with E-state index in [2.05, 4.69) is 0 Å². The second-order valence-electron chi connectivity index (χ2n) is 1.86. The minimum atomic E-state index is -5.19. The first-order chi connectivity index (χ1) is 4.19. The molecule has 0 amide bonds. The topological polar surface area (TPSA) is 60.4 Å². The molecule has 0 bridgehead atoms. The number of halogens is 3. The van der Waals surface area contributed by atoms with Gasteiger partial charge >= 0.3 is 6.18 Å². The number of aliphatic carboxylic acids is 1. The lowest BCUT2D eigenvalue weighted by molar-refractivity contribution is -0.351. The molecule has 0 aromatic rings. The summed E-state index contributed by atoms with van der Waals surface area (Å²) in [7, 11) is 0. The van der Waals surface area contributed by atoms with Crippen molar-refractivity contribution in [3.05, 3.63) is 0 Å². The Morgan fingerprint density at radius 1 is 1.50 bits per heavy atom. The highest BCUT2D eigenvalue weighted by Gasteiger charge is 2.51. The van der Waals surface area contributed by atoms with Crippen LogP contribution in [-0.2, 0) is 4.79 Å². The Morgan fingerprint density at radius 2 is 1.80 bits per heavy atom. The summed E-state index contributed by atoms with van der Waals surface area (Å²) >= 11 is 0. The number of rotatable bonds is 1. The molecule has 0 aliphatic heterocycles. The highest BCUT2D eigenvalue weighted by molar-refractivity contribution is 5.75. The molecule has 0 unspecified atom stereocenters. The Morgan fingerprint density at radius 3 is 1.80 bits per heavy atom. The summed E-state index contributed by atoms with van der Waals surface area (Å²) in [5.74, 6) is -2.56. The van der Waals surface area contributed by atoms with Gasteiger partial charge in [-0.3, -0.25) is 0 Å². The molecule has 0 aromatic heterocycles. The number of alkyl halides is 3. The second kappa shape index (κ2) is 2.12. The Bertz CT molecular complexity index is 148. The standard InChI is InChI=1S/C4H5F3O3/c1-3(10,2(8)9)4(5,6)7/h10H,1H3,(H,8,9)/p-1/t3-/m1/s1. The van der Waals surface area contributed by atoms with Crippen LogP contribution in [0.4, 0.5) is 13.2 Å². The van der Waals surface area contributed by atoms with Crippen molar-refractivity contribution in [3.63, 3.8) is 0 Å². The summed E-state index contributed by atoms with van der Waals surface area (Å²) in [6.07, 6.45) is -5.19. The highest BCUT2D eigenvalue weighted by atomic mass is 19.4. The maximum atomic E-state index is 11.4. The van der Waals surface area contributed by atoms with Crippen molar-refractivity contribution in [2.45, 2.75) is 18.7 Å². The lowest BCUT2D eigenvalue weighted by atomic mass is 10.1. The van der Waals surface area contributed by atoms with Crippen LogP contribution in [0, 0.1) is 0 Å². The molecule has 0 fully saturated rings. The molecule has 0 rings (SSSR count). The first kappa shape index (κ1) is 9.22. The van der Waals surface area contributed by atoms with E-state index in [1.165, 1.54) is 0 Å². The molecule has 60 valence electrons. The quantitative estimate of drug-likeness (QED) is 0.533. The molecular weight excluding hydrogens is 153 g/mol. The molecule has 0 saturated carbocycles. The largest absolute Gasteiger partial charge is 0.547 e. The van der Waals surface area contributed by atoms with Gasteiger partial charge in [-0.2, -0.15) is 13.2 Å². The molecule has 0 aliphatic rings. The van der Waals surface area contributed by atoms with Gasteiger partial charge in [-0.1, -0.05) is 0 Å². The number of carbonyl (C=O) groups is 1. The molecule has 0 heterocycles. The van der Waals surface area contributed by atoms with Gasteiger partial charge in [0.25, 0.3) is 0 Å². The number of hydrogen-bond donors (Lipinski definition) is 1. The van der Waals surface area contributed by atoms with Crippen LogP contribution in [0.3, 0.4) is 0 Å². The van der Waals surface area contributed by atoms with Crippen LogP contribution in [0.1, 0.15) is 6.92 Å². The SMILES string of the molecule is C[C@@](O)(C(=O)[O-])C(F)(F)F. The van der Waals surface area contributed by atoms with Gasteiger partial charge in [0.2, 0.25) is 0 Å². The van der Waals surface area contributed by atoms with Crippen LogP contribution in [0.2, 0.25) is 0 Å². The Balaban J connectivity index is 4.57. The molecule has 0 saturated heterocycles. The van der Waals surface area contributed by atoms with E-state index in [4.69, 9.17) is 5.11 Å². The lowest BCUT2D eigenvalue weighted by Crippen LogP contribution is -2.56. The van der Waals surface area contributed by atoms with Crippen molar-refractivity contribution in [1.29, 1.82) is 0 Å².